The van der Waals surface area contributed by atoms with Gasteiger partial charge in [-0.1, -0.05) is 23.8 Å². The van der Waals surface area contributed by atoms with Crippen LogP contribution in [0.3, 0.4) is 0 Å². The molecule has 0 unspecified atom stereocenters. The van der Waals surface area contributed by atoms with Gasteiger partial charge in [-0.2, -0.15) is 8.42 Å². The summed E-state index contributed by atoms with van der Waals surface area (Å²) in [6.45, 7) is 4.07. The topological polar surface area (TPSA) is 74.3 Å². The van der Waals surface area contributed by atoms with Gasteiger partial charge in [0.25, 0.3) is 0 Å². The Morgan fingerprint density at radius 3 is 2.08 bits per heavy atom. The lowest BCUT2D eigenvalue weighted by molar-refractivity contribution is 0.341. The fourth-order valence-electron chi connectivity index (χ4n) is 3.71. The Labute approximate surface area is 218 Å². The van der Waals surface area contributed by atoms with E-state index in [4.69, 9.17) is 18.4 Å². The minimum absolute atomic E-state index is 0.0652. The number of anilines is 1. The van der Waals surface area contributed by atoms with Gasteiger partial charge in [0.1, 0.15) is 12.4 Å². The number of ether oxygens (including phenoxy) is 3. The van der Waals surface area contributed by atoms with E-state index < -0.39 is 15.9 Å². The molecular weight excluding hydrogens is 497 g/mol. The summed E-state index contributed by atoms with van der Waals surface area (Å²) in [6.07, 6.45) is 2.77. The van der Waals surface area contributed by atoms with Crippen molar-refractivity contribution in [3.63, 3.8) is 0 Å². The van der Waals surface area contributed by atoms with Gasteiger partial charge in [-0.3, -0.25) is 0 Å². The van der Waals surface area contributed by atoms with E-state index in [0.717, 1.165) is 23.1 Å². The first-order valence-corrected chi connectivity index (χ1v) is 13.3. The fraction of sp³-hybridized carbons (Fsp3) is 0.286. The van der Waals surface area contributed by atoms with E-state index in [1.54, 1.807) is 12.1 Å². The molecule has 0 N–H and O–H groups in total. The van der Waals surface area contributed by atoms with Gasteiger partial charge in [0.05, 0.1) is 26.0 Å². The molecule has 0 aliphatic carbocycles. The Bertz CT molecular complexity index is 1400. The molecule has 0 aromatic heterocycles. The normalized spacial score (nSPS) is 11.0. The van der Waals surface area contributed by atoms with Crippen LogP contribution < -0.4 is 23.3 Å². The summed E-state index contributed by atoms with van der Waals surface area (Å²) in [5.41, 5.74) is 3.90. The quantitative estimate of drug-likeness (QED) is 0.238. The third-order valence-corrected chi connectivity index (χ3v) is 5.97. The smallest absolute Gasteiger partial charge is 0.306 e. The van der Waals surface area contributed by atoms with Crippen LogP contribution in [-0.2, 0) is 10.1 Å². The van der Waals surface area contributed by atoms with Crippen molar-refractivity contribution in [3.8, 4) is 45.3 Å². The van der Waals surface area contributed by atoms with Crippen LogP contribution in [0.5, 0.6) is 23.0 Å². The van der Waals surface area contributed by atoms with E-state index in [2.05, 4.69) is 0 Å². The van der Waals surface area contributed by atoms with Crippen molar-refractivity contribution >= 4 is 15.8 Å². The first-order chi connectivity index (χ1) is 17.4. The molecule has 9 heteroatoms. The molecule has 0 radical (unpaired) electrons. The highest BCUT2D eigenvalue weighted by molar-refractivity contribution is 7.86. The van der Waals surface area contributed by atoms with Crippen LogP contribution in [0.4, 0.5) is 10.1 Å². The number of rotatable bonds is 10. The van der Waals surface area contributed by atoms with Crippen molar-refractivity contribution in [2.45, 2.75) is 13.8 Å². The molecule has 0 saturated carbocycles. The summed E-state index contributed by atoms with van der Waals surface area (Å²) in [5.74, 6) is -0.204. The minimum Gasteiger partial charge on any atom is -0.496 e. The molecule has 198 valence electrons. The van der Waals surface area contributed by atoms with E-state index >= 15 is 4.39 Å². The van der Waals surface area contributed by atoms with Crippen molar-refractivity contribution in [3.05, 3.63) is 66.0 Å². The van der Waals surface area contributed by atoms with Crippen LogP contribution in [0.15, 0.2) is 60.2 Å². The molecule has 3 rings (SSSR count). The average Bonchev–Trinajstić information content (AvgIpc) is 2.83. The van der Waals surface area contributed by atoms with E-state index in [9.17, 15) is 8.42 Å². The molecule has 0 aliphatic heterocycles. The van der Waals surface area contributed by atoms with Crippen LogP contribution in [0.1, 0.15) is 13.8 Å². The third-order valence-electron chi connectivity index (χ3n) is 5.50. The van der Waals surface area contributed by atoms with Crippen LogP contribution >= 0.6 is 0 Å². The maximum absolute atomic E-state index is 15.0. The maximum Gasteiger partial charge on any atom is 0.306 e. The highest BCUT2D eigenvalue weighted by Crippen LogP contribution is 2.51. The Kier molecular flexibility index (Phi) is 8.70. The standard InChI is InChI=1S/C28H32FNO6S/c1-18(2)14-15-35-24-13-10-20(16-23(24)29)26-25(33-5)17-22(19-8-11-21(12-9-19)30(3)4)27(34-6)28(26)36-37(7,31)32/h8-14,16-17H,15H2,1-7H3. The Morgan fingerprint density at radius 2 is 1.57 bits per heavy atom. The summed E-state index contributed by atoms with van der Waals surface area (Å²) in [7, 11) is 2.74. The van der Waals surface area contributed by atoms with Gasteiger partial charge >= 0.3 is 10.1 Å². The van der Waals surface area contributed by atoms with Crippen LogP contribution in [0.25, 0.3) is 22.3 Å². The molecule has 0 heterocycles. The Balaban J connectivity index is 2.23. The van der Waals surface area contributed by atoms with Gasteiger partial charge in [0.2, 0.25) is 0 Å². The molecule has 0 atom stereocenters. The van der Waals surface area contributed by atoms with E-state index in [0.29, 0.717) is 11.1 Å². The summed E-state index contributed by atoms with van der Waals surface area (Å²) in [5, 5.41) is 0. The van der Waals surface area contributed by atoms with E-state index in [1.165, 1.54) is 26.4 Å². The number of allylic oxidation sites excluding steroid dienone is 1. The SMILES string of the molecule is COc1cc(-c2ccc(N(C)C)cc2)c(OC)c(OS(C)(=O)=O)c1-c1ccc(OCC=C(C)C)c(F)c1. The predicted molar refractivity (Wildman–Crippen MR) is 145 cm³/mol. The highest BCUT2D eigenvalue weighted by atomic mass is 32.2. The Morgan fingerprint density at radius 1 is 0.919 bits per heavy atom. The fourth-order valence-corrected chi connectivity index (χ4v) is 4.17. The predicted octanol–water partition coefficient (Wildman–Crippen LogP) is 5.93. The van der Waals surface area contributed by atoms with Crippen LogP contribution in [0, 0.1) is 5.82 Å². The van der Waals surface area contributed by atoms with Crippen molar-refractivity contribution in [2.75, 3.05) is 46.1 Å². The van der Waals surface area contributed by atoms with Gasteiger partial charge in [-0.15, -0.1) is 0 Å². The highest BCUT2D eigenvalue weighted by Gasteiger charge is 2.26. The summed E-state index contributed by atoms with van der Waals surface area (Å²) in [6, 6.07) is 13.7. The van der Waals surface area contributed by atoms with Gasteiger partial charge in [-0.05, 0) is 61.4 Å². The molecule has 3 aromatic rings. The first kappa shape index (κ1) is 27.9. The lowest BCUT2D eigenvalue weighted by Crippen LogP contribution is -2.10. The lowest BCUT2D eigenvalue weighted by atomic mass is 9.96. The van der Waals surface area contributed by atoms with Gasteiger partial charge in [0.15, 0.2) is 23.1 Å². The molecule has 0 bridgehead atoms. The van der Waals surface area contributed by atoms with Crippen molar-refractivity contribution in [1.82, 2.24) is 0 Å². The molecule has 0 amide bonds. The van der Waals surface area contributed by atoms with Gasteiger partial charge in [-0.25, -0.2) is 4.39 Å². The largest absolute Gasteiger partial charge is 0.496 e. The molecule has 3 aromatic carbocycles. The lowest BCUT2D eigenvalue weighted by Gasteiger charge is -2.21. The van der Waals surface area contributed by atoms with Gasteiger partial charge in [0, 0.05) is 25.3 Å². The molecule has 0 fully saturated rings. The van der Waals surface area contributed by atoms with Crippen molar-refractivity contribution in [1.29, 1.82) is 0 Å². The van der Waals surface area contributed by atoms with E-state index in [-0.39, 0.29) is 35.2 Å². The second-order valence-electron chi connectivity index (χ2n) is 8.83. The second-order valence-corrected chi connectivity index (χ2v) is 10.4. The number of nitrogens with zero attached hydrogens (tertiary/aromatic N) is 1. The number of halogens is 1. The van der Waals surface area contributed by atoms with Gasteiger partial charge < -0.3 is 23.3 Å². The zero-order valence-electron chi connectivity index (χ0n) is 22.1. The minimum atomic E-state index is -3.99. The molecule has 0 aliphatic rings. The molecule has 7 nitrogen and oxygen atoms in total. The monoisotopic (exact) mass is 529 g/mol. The average molecular weight is 530 g/mol. The van der Waals surface area contributed by atoms with Crippen molar-refractivity contribution in [2.24, 2.45) is 0 Å². The summed E-state index contributed by atoms with van der Waals surface area (Å²) < 4.78 is 61.9. The van der Waals surface area contributed by atoms with E-state index in [1.807, 2.05) is 63.2 Å². The summed E-state index contributed by atoms with van der Waals surface area (Å²) >= 11 is 0. The number of methoxy groups -OCH3 is 2. The molecule has 0 saturated heterocycles. The van der Waals surface area contributed by atoms with Crippen LogP contribution in [0.2, 0.25) is 0 Å². The van der Waals surface area contributed by atoms with Crippen molar-refractivity contribution < 1.29 is 31.2 Å². The van der Waals surface area contributed by atoms with Crippen LogP contribution in [-0.4, -0.2) is 49.6 Å². The molecule has 37 heavy (non-hydrogen) atoms. The zero-order valence-corrected chi connectivity index (χ0v) is 22.9. The molecular formula is C28H32FNO6S. The zero-order chi connectivity index (χ0) is 27.3. The second kappa shape index (κ2) is 11.6. The third kappa shape index (κ3) is 6.74. The number of hydrogen-bond acceptors (Lipinski definition) is 7. The Hall–Kier alpha value is -3.72. The maximum atomic E-state index is 15.0. The number of benzene rings is 3. The number of hydrogen-bond donors (Lipinski definition) is 0. The molecule has 0 spiro atoms. The first-order valence-electron chi connectivity index (χ1n) is 11.5. The summed E-state index contributed by atoms with van der Waals surface area (Å²) in [4.78, 5) is 1.96.